The first-order valence-corrected chi connectivity index (χ1v) is 11.1. The van der Waals surface area contributed by atoms with E-state index >= 15 is 0 Å². The molecule has 0 radical (unpaired) electrons. The van der Waals surface area contributed by atoms with Gasteiger partial charge in [-0.05, 0) is 35.6 Å². The van der Waals surface area contributed by atoms with Gasteiger partial charge in [-0.3, -0.25) is 4.79 Å². The van der Waals surface area contributed by atoms with Crippen LogP contribution in [0.1, 0.15) is 37.3 Å². The highest BCUT2D eigenvalue weighted by Crippen LogP contribution is 2.44. The van der Waals surface area contributed by atoms with Gasteiger partial charge >= 0.3 is 12.1 Å². The Morgan fingerprint density at radius 1 is 1.12 bits per heavy atom. The number of carbonyl (C=O) groups excluding carboxylic acids is 2. The number of carbonyl (C=O) groups is 3. The van der Waals surface area contributed by atoms with Crippen LogP contribution in [0.2, 0.25) is 0 Å². The molecular formula is C25H28N2O6. The van der Waals surface area contributed by atoms with E-state index in [1.165, 1.54) is 4.90 Å². The Balaban J connectivity index is 1.42. The molecule has 2 atom stereocenters. The summed E-state index contributed by atoms with van der Waals surface area (Å²) in [5.41, 5.74) is 3.26. The highest BCUT2D eigenvalue weighted by Gasteiger charge is 2.40. The number of hydrogen-bond acceptors (Lipinski definition) is 5. The van der Waals surface area contributed by atoms with Crippen LogP contribution >= 0.6 is 0 Å². The first-order valence-electron chi connectivity index (χ1n) is 11.1. The zero-order chi connectivity index (χ0) is 23.6. The number of ether oxygens (including phenoxy) is 2. The van der Waals surface area contributed by atoms with Crippen LogP contribution in [0.5, 0.6) is 0 Å². The Labute approximate surface area is 192 Å². The molecule has 2 amide bonds. The average Bonchev–Trinajstić information content (AvgIpc) is 3.16. The molecule has 4 rings (SSSR count). The van der Waals surface area contributed by atoms with Crippen LogP contribution in [-0.2, 0) is 19.1 Å². The van der Waals surface area contributed by atoms with Gasteiger partial charge in [-0.1, -0.05) is 55.5 Å². The lowest BCUT2D eigenvalue weighted by Gasteiger charge is -2.37. The summed E-state index contributed by atoms with van der Waals surface area (Å²) in [7, 11) is 0. The molecule has 8 heteroatoms. The highest BCUT2D eigenvalue weighted by atomic mass is 16.5. The molecule has 1 fully saturated rings. The second kappa shape index (κ2) is 9.23. The van der Waals surface area contributed by atoms with Gasteiger partial charge in [0.2, 0.25) is 5.91 Å². The van der Waals surface area contributed by atoms with Crippen LogP contribution in [-0.4, -0.2) is 65.9 Å². The topological polar surface area (TPSA) is 105 Å². The van der Waals surface area contributed by atoms with Gasteiger partial charge in [0.25, 0.3) is 0 Å². The van der Waals surface area contributed by atoms with E-state index in [2.05, 4.69) is 17.4 Å². The minimum Gasteiger partial charge on any atom is -0.479 e. The molecule has 0 spiro atoms. The molecular weight excluding hydrogens is 424 g/mol. The van der Waals surface area contributed by atoms with Crippen molar-refractivity contribution in [2.24, 2.45) is 0 Å². The number of carboxylic acids is 1. The SMILES string of the molecule is CCC(C)(NC(=O)OCC1c2ccccc2-c2ccccc21)C(=O)N1CCOC(C(=O)O)C1. The van der Waals surface area contributed by atoms with Gasteiger partial charge in [0.05, 0.1) is 13.2 Å². The van der Waals surface area contributed by atoms with Crippen LogP contribution in [0.15, 0.2) is 48.5 Å². The zero-order valence-corrected chi connectivity index (χ0v) is 18.7. The van der Waals surface area contributed by atoms with Gasteiger partial charge < -0.3 is 24.8 Å². The molecule has 2 aromatic carbocycles. The summed E-state index contributed by atoms with van der Waals surface area (Å²) in [6.45, 7) is 3.90. The van der Waals surface area contributed by atoms with Gasteiger partial charge in [0, 0.05) is 12.5 Å². The summed E-state index contributed by atoms with van der Waals surface area (Å²) >= 11 is 0. The standard InChI is InChI=1S/C25H28N2O6/c1-3-25(2,23(30)27-12-13-32-21(14-27)22(28)29)26-24(31)33-15-20-18-10-6-4-8-16(18)17-9-5-7-11-19(17)20/h4-11,20-21H,3,12-15H2,1-2H3,(H,26,31)(H,28,29). The molecule has 1 aliphatic carbocycles. The minimum absolute atomic E-state index is 0.0594. The molecule has 2 unspecified atom stereocenters. The van der Waals surface area contributed by atoms with Crippen LogP contribution < -0.4 is 5.32 Å². The largest absolute Gasteiger partial charge is 0.479 e. The Kier molecular flexibility index (Phi) is 6.37. The number of hydrogen-bond donors (Lipinski definition) is 2. The maximum atomic E-state index is 13.1. The Bertz CT molecular complexity index is 1020. The lowest BCUT2D eigenvalue weighted by molar-refractivity contribution is -0.161. The predicted octanol–water partition coefficient (Wildman–Crippen LogP) is 3.01. The summed E-state index contributed by atoms with van der Waals surface area (Å²) in [5, 5.41) is 11.9. The molecule has 1 aliphatic heterocycles. The van der Waals surface area contributed by atoms with Crippen molar-refractivity contribution in [3.8, 4) is 11.1 Å². The number of carboxylic acid groups (broad SMARTS) is 1. The van der Waals surface area contributed by atoms with E-state index in [-0.39, 0.29) is 38.1 Å². The molecule has 2 N–H and O–H groups in total. The number of aliphatic carboxylic acids is 1. The summed E-state index contributed by atoms with van der Waals surface area (Å²) < 4.78 is 10.8. The van der Waals surface area contributed by atoms with Crippen LogP contribution in [0.25, 0.3) is 11.1 Å². The van der Waals surface area contributed by atoms with Crippen molar-refractivity contribution in [2.75, 3.05) is 26.3 Å². The van der Waals surface area contributed by atoms with Gasteiger partial charge in [-0.2, -0.15) is 0 Å². The monoisotopic (exact) mass is 452 g/mol. The van der Waals surface area contributed by atoms with E-state index < -0.39 is 23.7 Å². The smallest absolute Gasteiger partial charge is 0.408 e. The molecule has 1 heterocycles. The highest BCUT2D eigenvalue weighted by molar-refractivity contribution is 5.90. The van der Waals surface area contributed by atoms with E-state index in [0.717, 1.165) is 22.3 Å². The summed E-state index contributed by atoms with van der Waals surface area (Å²) in [6, 6.07) is 16.1. The second-order valence-corrected chi connectivity index (χ2v) is 8.59. The second-order valence-electron chi connectivity index (χ2n) is 8.59. The lowest BCUT2D eigenvalue weighted by Crippen LogP contribution is -2.61. The average molecular weight is 453 g/mol. The number of alkyl carbamates (subject to hydrolysis) is 1. The molecule has 2 aromatic rings. The predicted molar refractivity (Wildman–Crippen MR) is 121 cm³/mol. The van der Waals surface area contributed by atoms with Crippen molar-refractivity contribution in [1.82, 2.24) is 10.2 Å². The normalized spacial score (nSPS) is 19.2. The molecule has 33 heavy (non-hydrogen) atoms. The van der Waals surface area contributed by atoms with Crippen molar-refractivity contribution in [3.63, 3.8) is 0 Å². The summed E-state index contributed by atoms with van der Waals surface area (Å²) in [6.07, 6.45) is -1.43. The van der Waals surface area contributed by atoms with E-state index in [4.69, 9.17) is 9.47 Å². The quantitative estimate of drug-likeness (QED) is 0.698. The van der Waals surface area contributed by atoms with E-state index in [0.29, 0.717) is 6.42 Å². The number of benzene rings is 2. The maximum absolute atomic E-state index is 13.1. The van der Waals surface area contributed by atoms with Crippen molar-refractivity contribution < 1.29 is 29.0 Å². The zero-order valence-electron chi connectivity index (χ0n) is 18.7. The molecule has 0 saturated carbocycles. The molecule has 174 valence electrons. The van der Waals surface area contributed by atoms with E-state index in [1.807, 2.05) is 36.4 Å². The van der Waals surface area contributed by atoms with Crippen LogP contribution in [0, 0.1) is 0 Å². The summed E-state index contributed by atoms with van der Waals surface area (Å²) in [5.74, 6) is -1.55. The van der Waals surface area contributed by atoms with Crippen molar-refractivity contribution in [1.29, 1.82) is 0 Å². The third kappa shape index (κ3) is 4.43. The fraction of sp³-hybridized carbons (Fsp3) is 0.400. The summed E-state index contributed by atoms with van der Waals surface area (Å²) in [4.78, 5) is 38.6. The third-order valence-corrected chi connectivity index (χ3v) is 6.53. The van der Waals surface area contributed by atoms with Crippen LogP contribution in [0.3, 0.4) is 0 Å². The number of nitrogens with zero attached hydrogens (tertiary/aromatic N) is 1. The van der Waals surface area contributed by atoms with Crippen molar-refractivity contribution in [3.05, 3.63) is 59.7 Å². The molecule has 0 bridgehead atoms. The number of amides is 2. The minimum atomic E-state index is -1.22. The Morgan fingerprint density at radius 3 is 2.30 bits per heavy atom. The van der Waals surface area contributed by atoms with Crippen molar-refractivity contribution >= 4 is 18.0 Å². The van der Waals surface area contributed by atoms with Crippen molar-refractivity contribution in [2.45, 2.75) is 37.8 Å². The molecule has 0 aromatic heterocycles. The Morgan fingerprint density at radius 2 is 1.73 bits per heavy atom. The van der Waals surface area contributed by atoms with Gasteiger partial charge in [-0.15, -0.1) is 0 Å². The van der Waals surface area contributed by atoms with Gasteiger partial charge in [0.1, 0.15) is 12.1 Å². The van der Waals surface area contributed by atoms with Gasteiger partial charge in [0.15, 0.2) is 6.10 Å². The fourth-order valence-electron chi connectivity index (χ4n) is 4.48. The first kappa shape index (κ1) is 22.8. The molecule has 1 saturated heterocycles. The first-order chi connectivity index (χ1) is 15.8. The lowest BCUT2D eigenvalue weighted by atomic mass is 9.96. The number of nitrogens with one attached hydrogen (secondary N) is 1. The van der Waals surface area contributed by atoms with E-state index in [9.17, 15) is 19.5 Å². The fourth-order valence-corrected chi connectivity index (χ4v) is 4.48. The molecule has 2 aliphatic rings. The number of rotatable bonds is 6. The number of fused-ring (bicyclic) bond motifs is 3. The number of morpholine rings is 1. The van der Waals surface area contributed by atoms with Gasteiger partial charge in [-0.25, -0.2) is 9.59 Å². The van der Waals surface area contributed by atoms with E-state index in [1.54, 1.807) is 13.8 Å². The Hall–Kier alpha value is -3.39. The van der Waals surface area contributed by atoms with Crippen LogP contribution in [0.4, 0.5) is 4.79 Å². The third-order valence-electron chi connectivity index (χ3n) is 6.53. The maximum Gasteiger partial charge on any atom is 0.408 e. The molecule has 8 nitrogen and oxygen atoms in total.